The van der Waals surface area contributed by atoms with E-state index in [1.165, 1.54) is 0 Å². The highest BCUT2D eigenvalue weighted by atomic mass is 16.1. The highest BCUT2D eigenvalue weighted by Crippen LogP contribution is 2.01. The van der Waals surface area contributed by atoms with E-state index in [0.717, 1.165) is 11.1 Å². The van der Waals surface area contributed by atoms with Gasteiger partial charge in [0.1, 0.15) is 0 Å². The minimum absolute atomic E-state index is 0.587. The number of rotatable bonds is 3. The third-order valence-electron chi connectivity index (χ3n) is 1.41. The van der Waals surface area contributed by atoms with Crippen LogP contribution in [-0.2, 0) is 11.3 Å². The lowest BCUT2D eigenvalue weighted by atomic mass is 10.1. The van der Waals surface area contributed by atoms with E-state index in [0.29, 0.717) is 13.0 Å². The summed E-state index contributed by atoms with van der Waals surface area (Å²) in [6, 6.07) is 7.72. The van der Waals surface area contributed by atoms with Crippen LogP contribution in [0, 0.1) is 6.92 Å². The van der Waals surface area contributed by atoms with Crippen LogP contribution < -0.4 is 5.32 Å². The van der Waals surface area contributed by atoms with E-state index in [9.17, 15) is 4.79 Å². The SMILES string of the molecule is [CH2]c1ccc(CNC=O)cc1. The molecule has 0 aliphatic heterocycles. The molecular formula is C9H10NO. The van der Waals surface area contributed by atoms with Crippen LogP contribution in [-0.4, -0.2) is 6.41 Å². The Morgan fingerprint density at radius 2 is 2.00 bits per heavy atom. The van der Waals surface area contributed by atoms with Crippen molar-refractivity contribution < 1.29 is 4.79 Å². The quantitative estimate of drug-likeness (QED) is 0.639. The second-order valence-electron chi connectivity index (χ2n) is 2.32. The van der Waals surface area contributed by atoms with Gasteiger partial charge in [-0.2, -0.15) is 0 Å². The van der Waals surface area contributed by atoms with Crippen molar-refractivity contribution in [3.05, 3.63) is 42.3 Å². The second kappa shape index (κ2) is 3.76. The van der Waals surface area contributed by atoms with Gasteiger partial charge in [-0.15, -0.1) is 0 Å². The van der Waals surface area contributed by atoms with Gasteiger partial charge in [-0.25, -0.2) is 0 Å². The fourth-order valence-corrected chi connectivity index (χ4v) is 0.817. The summed E-state index contributed by atoms with van der Waals surface area (Å²) in [4.78, 5) is 9.92. The molecule has 0 atom stereocenters. The first-order valence-electron chi connectivity index (χ1n) is 3.41. The zero-order valence-electron chi connectivity index (χ0n) is 6.21. The van der Waals surface area contributed by atoms with Gasteiger partial charge in [0.15, 0.2) is 0 Å². The molecule has 0 unspecified atom stereocenters. The standard InChI is InChI=1S/C9H10NO/c1-8-2-4-9(5-3-8)6-10-7-11/h2-5,7H,1,6H2,(H,10,11). The number of hydrogen-bond donors (Lipinski definition) is 1. The monoisotopic (exact) mass is 148 g/mol. The van der Waals surface area contributed by atoms with Crippen molar-refractivity contribution in [2.24, 2.45) is 0 Å². The largest absolute Gasteiger partial charge is 0.355 e. The van der Waals surface area contributed by atoms with Gasteiger partial charge in [0.05, 0.1) is 0 Å². The average Bonchev–Trinajstić information content (AvgIpc) is 2.04. The molecule has 57 valence electrons. The van der Waals surface area contributed by atoms with Crippen LogP contribution in [0.5, 0.6) is 0 Å². The second-order valence-corrected chi connectivity index (χ2v) is 2.32. The Morgan fingerprint density at radius 3 is 2.55 bits per heavy atom. The van der Waals surface area contributed by atoms with E-state index in [1.54, 1.807) is 0 Å². The molecular weight excluding hydrogens is 138 g/mol. The zero-order chi connectivity index (χ0) is 8.10. The van der Waals surface area contributed by atoms with E-state index >= 15 is 0 Å². The summed E-state index contributed by atoms with van der Waals surface area (Å²) in [6.45, 7) is 4.34. The van der Waals surface area contributed by atoms with Crippen LogP contribution in [0.2, 0.25) is 0 Å². The summed E-state index contributed by atoms with van der Waals surface area (Å²) in [5, 5.41) is 2.58. The van der Waals surface area contributed by atoms with Crippen molar-refractivity contribution in [3.8, 4) is 0 Å². The molecule has 1 rings (SSSR count). The van der Waals surface area contributed by atoms with Crippen molar-refractivity contribution in [2.75, 3.05) is 0 Å². The summed E-state index contributed by atoms with van der Waals surface area (Å²) >= 11 is 0. The van der Waals surface area contributed by atoms with Gasteiger partial charge in [-0.3, -0.25) is 4.79 Å². The maximum atomic E-state index is 9.92. The molecule has 2 nitrogen and oxygen atoms in total. The Balaban J connectivity index is 2.58. The van der Waals surface area contributed by atoms with Crippen LogP contribution in [0.4, 0.5) is 0 Å². The van der Waals surface area contributed by atoms with Gasteiger partial charge in [0.2, 0.25) is 6.41 Å². The lowest BCUT2D eigenvalue weighted by Gasteiger charge is -1.98. The van der Waals surface area contributed by atoms with Crippen molar-refractivity contribution >= 4 is 6.41 Å². The van der Waals surface area contributed by atoms with Crippen molar-refractivity contribution in [1.29, 1.82) is 0 Å². The highest BCUT2D eigenvalue weighted by molar-refractivity contribution is 5.46. The average molecular weight is 148 g/mol. The van der Waals surface area contributed by atoms with E-state index in [1.807, 2.05) is 24.3 Å². The van der Waals surface area contributed by atoms with Gasteiger partial charge in [0.25, 0.3) is 0 Å². The lowest BCUT2D eigenvalue weighted by molar-refractivity contribution is -0.109. The van der Waals surface area contributed by atoms with Gasteiger partial charge < -0.3 is 5.32 Å². The van der Waals surface area contributed by atoms with Gasteiger partial charge in [-0.05, 0) is 18.1 Å². The Morgan fingerprint density at radius 1 is 1.36 bits per heavy atom. The third kappa shape index (κ3) is 2.42. The summed E-state index contributed by atoms with van der Waals surface area (Å²) in [6.07, 6.45) is 0.693. The fourth-order valence-electron chi connectivity index (χ4n) is 0.817. The Bertz CT molecular complexity index is 228. The van der Waals surface area contributed by atoms with Crippen molar-refractivity contribution in [3.63, 3.8) is 0 Å². The molecule has 0 aliphatic rings. The Kier molecular flexibility index (Phi) is 2.66. The maximum absolute atomic E-state index is 9.92. The normalized spacial score (nSPS) is 9.18. The number of hydrogen-bond acceptors (Lipinski definition) is 1. The van der Waals surface area contributed by atoms with Gasteiger partial charge in [-0.1, -0.05) is 24.3 Å². The first-order chi connectivity index (χ1) is 5.33. The Labute approximate surface area is 66.2 Å². The summed E-state index contributed by atoms with van der Waals surface area (Å²) in [7, 11) is 0. The smallest absolute Gasteiger partial charge is 0.207 e. The van der Waals surface area contributed by atoms with E-state index in [4.69, 9.17) is 0 Å². The number of carbonyl (C=O) groups excluding carboxylic acids is 1. The molecule has 0 bridgehead atoms. The van der Waals surface area contributed by atoms with Crippen LogP contribution in [0.15, 0.2) is 24.3 Å². The first-order valence-corrected chi connectivity index (χ1v) is 3.41. The summed E-state index contributed by atoms with van der Waals surface area (Å²) in [5.41, 5.74) is 2.07. The first kappa shape index (κ1) is 7.79. The van der Waals surface area contributed by atoms with Crippen molar-refractivity contribution in [2.45, 2.75) is 6.54 Å². The van der Waals surface area contributed by atoms with Crippen LogP contribution >= 0.6 is 0 Å². The predicted octanol–water partition coefficient (Wildman–Crippen LogP) is 1.11. The molecule has 1 radical (unpaired) electrons. The predicted molar refractivity (Wildman–Crippen MR) is 43.8 cm³/mol. The zero-order valence-corrected chi connectivity index (χ0v) is 6.21. The molecule has 1 N–H and O–H groups in total. The molecule has 1 aromatic rings. The molecule has 0 saturated carbocycles. The molecule has 0 spiro atoms. The van der Waals surface area contributed by atoms with Gasteiger partial charge in [0, 0.05) is 6.54 Å². The molecule has 0 heterocycles. The van der Waals surface area contributed by atoms with E-state index < -0.39 is 0 Å². The number of benzene rings is 1. The minimum atomic E-state index is 0.587. The molecule has 1 amide bonds. The topological polar surface area (TPSA) is 29.1 Å². The molecule has 1 aromatic carbocycles. The summed E-state index contributed by atoms with van der Waals surface area (Å²) < 4.78 is 0. The van der Waals surface area contributed by atoms with Crippen LogP contribution in [0.3, 0.4) is 0 Å². The molecule has 2 heteroatoms. The molecule has 0 fully saturated rings. The van der Waals surface area contributed by atoms with Crippen molar-refractivity contribution in [1.82, 2.24) is 5.32 Å². The number of carbonyl (C=O) groups is 1. The summed E-state index contributed by atoms with van der Waals surface area (Å²) in [5.74, 6) is 0. The molecule has 0 saturated heterocycles. The van der Waals surface area contributed by atoms with Crippen LogP contribution in [0.1, 0.15) is 11.1 Å². The molecule has 0 aromatic heterocycles. The molecule has 11 heavy (non-hydrogen) atoms. The maximum Gasteiger partial charge on any atom is 0.207 e. The Hall–Kier alpha value is -1.31. The third-order valence-corrected chi connectivity index (χ3v) is 1.41. The number of amides is 1. The minimum Gasteiger partial charge on any atom is -0.355 e. The lowest BCUT2D eigenvalue weighted by Crippen LogP contribution is -2.09. The highest BCUT2D eigenvalue weighted by Gasteiger charge is 1.88. The van der Waals surface area contributed by atoms with E-state index in [2.05, 4.69) is 12.2 Å². The van der Waals surface area contributed by atoms with Gasteiger partial charge >= 0.3 is 0 Å². The van der Waals surface area contributed by atoms with Crippen LogP contribution in [0.25, 0.3) is 0 Å². The van der Waals surface area contributed by atoms with E-state index in [-0.39, 0.29) is 0 Å². The fraction of sp³-hybridized carbons (Fsp3) is 0.111. The molecule has 0 aliphatic carbocycles. The number of nitrogens with one attached hydrogen (secondary N) is 1.